The average molecular weight is 214 g/mol. The van der Waals surface area contributed by atoms with Crippen molar-refractivity contribution in [3.8, 4) is 0 Å². The molecule has 0 fully saturated rings. The first-order valence-electron chi connectivity index (χ1n) is 4.20. The molecule has 0 aliphatic rings. The molecule has 1 aromatic rings. The Bertz CT molecular complexity index is 341. The molecule has 1 rings (SSSR count). The first kappa shape index (κ1) is 10.7. The Morgan fingerprint density at radius 2 is 2.21 bits per heavy atom. The Balaban J connectivity index is 3.07. The highest BCUT2D eigenvalue weighted by molar-refractivity contribution is 6.33. The smallest absolute Gasteiger partial charge is 0.237 e. The summed E-state index contributed by atoms with van der Waals surface area (Å²) in [6.07, 6.45) is 0. The van der Waals surface area contributed by atoms with Crippen molar-refractivity contribution in [1.82, 2.24) is 0 Å². The maximum absolute atomic E-state index is 8.57. The predicted molar refractivity (Wildman–Crippen MR) is 57.9 cm³/mol. The summed E-state index contributed by atoms with van der Waals surface area (Å²) in [6.45, 7) is 2.47. The molecular weight excluding hydrogens is 202 g/mol. The van der Waals surface area contributed by atoms with Gasteiger partial charge in [-0.25, -0.2) is 0 Å². The van der Waals surface area contributed by atoms with E-state index < -0.39 is 0 Å². The van der Waals surface area contributed by atoms with E-state index in [4.69, 9.17) is 22.5 Å². The third-order valence-corrected chi connectivity index (χ3v) is 2.16. The highest BCUT2D eigenvalue weighted by Crippen LogP contribution is 2.24. The van der Waals surface area contributed by atoms with Crippen LogP contribution in [0.3, 0.4) is 0 Å². The number of rotatable bonds is 2. The Morgan fingerprint density at radius 3 is 2.71 bits per heavy atom. The minimum Gasteiger partial charge on any atom is -0.408 e. The van der Waals surface area contributed by atoms with E-state index in [2.05, 4.69) is 5.16 Å². The molecule has 0 aliphatic heterocycles. The lowest BCUT2D eigenvalue weighted by atomic mass is 10.3. The summed E-state index contributed by atoms with van der Waals surface area (Å²) < 4.78 is 0. The number of hydrogen-bond acceptors (Lipinski definition) is 2. The van der Waals surface area contributed by atoms with Crippen LogP contribution in [0.4, 0.5) is 5.69 Å². The number of hydrogen-bond donors (Lipinski definition) is 2. The van der Waals surface area contributed by atoms with Crippen LogP contribution in [0, 0.1) is 0 Å². The fraction of sp³-hybridized carbons (Fsp3) is 0.222. The molecule has 14 heavy (non-hydrogen) atoms. The van der Waals surface area contributed by atoms with Crippen molar-refractivity contribution in [2.75, 3.05) is 11.4 Å². The second kappa shape index (κ2) is 4.72. The minimum absolute atomic E-state index is 0.0283. The van der Waals surface area contributed by atoms with Crippen LogP contribution < -0.4 is 10.6 Å². The SMILES string of the molecule is CCN(/C(N)=N/O)c1ccccc1Cl. The number of guanidine groups is 1. The van der Waals surface area contributed by atoms with Crippen LogP contribution in [-0.2, 0) is 0 Å². The maximum Gasteiger partial charge on any atom is 0.237 e. The fourth-order valence-electron chi connectivity index (χ4n) is 1.18. The van der Waals surface area contributed by atoms with Crippen molar-refractivity contribution < 1.29 is 5.21 Å². The van der Waals surface area contributed by atoms with E-state index in [1.807, 2.05) is 25.1 Å². The quantitative estimate of drug-likeness (QED) is 0.341. The summed E-state index contributed by atoms with van der Waals surface area (Å²) >= 11 is 5.96. The highest BCUT2D eigenvalue weighted by Gasteiger charge is 2.11. The van der Waals surface area contributed by atoms with Gasteiger partial charge in [0.05, 0.1) is 10.7 Å². The summed E-state index contributed by atoms with van der Waals surface area (Å²) in [6, 6.07) is 7.23. The van der Waals surface area contributed by atoms with E-state index in [1.54, 1.807) is 11.0 Å². The number of halogens is 1. The van der Waals surface area contributed by atoms with Gasteiger partial charge < -0.3 is 15.8 Å². The van der Waals surface area contributed by atoms with Gasteiger partial charge in [-0.1, -0.05) is 28.9 Å². The third kappa shape index (κ3) is 2.09. The van der Waals surface area contributed by atoms with Gasteiger partial charge in [0.1, 0.15) is 0 Å². The number of benzene rings is 1. The highest BCUT2D eigenvalue weighted by atomic mass is 35.5. The van der Waals surface area contributed by atoms with Crippen molar-refractivity contribution >= 4 is 23.2 Å². The molecule has 4 nitrogen and oxygen atoms in total. The molecule has 3 N–H and O–H groups in total. The fourth-order valence-corrected chi connectivity index (χ4v) is 1.42. The lowest BCUT2D eigenvalue weighted by molar-refractivity contribution is 0.317. The van der Waals surface area contributed by atoms with Crippen LogP contribution in [0.15, 0.2) is 29.4 Å². The number of anilines is 1. The first-order valence-corrected chi connectivity index (χ1v) is 4.58. The van der Waals surface area contributed by atoms with E-state index in [0.29, 0.717) is 11.6 Å². The molecule has 5 heteroatoms. The predicted octanol–water partition coefficient (Wildman–Crippen LogP) is 1.87. The third-order valence-electron chi connectivity index (χ3n) is 1.84. The second-order valence-electron chi connectivity index (χ2n) is 2.65. The Morgan fingerprint density at radius 1 is 1.57 bits per heavy atom. The summed E-state index contributed by atoms with van der Waals surface area (Å²) in [5.41, 5.74) is 6.22. The van der Waals surface area contributed by atoms with Gasteiger partial charge in [-0.05, 0) is 19.1 Å². The van der Waals surface area contributed by atoms with Crippen LogP contribution >= 0.6 is 11.6 Å². The largest absolute Gasteiger partial charge is 0.408 e. The molecule has 76 valence electrons. The molecule has 0 heterocycles. The minimum atomic E-state index is 0.0283. The standard InChI is InChI=1S/C9H12ClN3O/c1-2-13(9(11)12-14)8-6-4-3-5-7(8)10/h3-6,14H,2H2,1H3,(H2,11,12). The zero-order valence-corrected chi connectivity index (χ0v) is 8.57. The van der Waals surface area contributed by atoms with Crippen molar-refractivity contribution in [2.45, 2.75) is 6.92 Å². The molecular formula is C9H12ClN3O. The van der Waals surface area contributed by atoms with Crippen LogP contribution in [0.2, 0.25) is 5.02 Å². The van der Waals surface area contributed by atoms with E-state index in [9.17, 15) is 0 Å². The lowest BCUT2D eigenvalue weighted by Crippen LogP contribution is -2.37. The van der Waals surface area contributed by atoms with Crippen LogP contribution in [0.1, 0.15) is 6.92 Å². The Kier molecular flexibility index (Phi) is 3.59. The molecule has 0 aromatic heterocycles. The molecule has 0 saturated heterocycles. The first-order chi connectivity index (χ1) is 6.70. The van der Waals surface area contributed by atoms with Crippen molar-refractivity contribution in [3.05, 3.63) is 29.3 Å². The van der Waals surface area contributed by atoms with Gasteiger partial charge in [-0.2, -0.15) is 0 Å². The van der Waals surface area contributed by atoms with E-state index in [-0.39, 0.29) is 5.96 Å². The monoisotopic (exact) mass is 213 g/mol. The number of oxime groups is 1. The Hall–Kier alpha value is -1.42. The van der Waals surface area contributed by atoms with Crippen molar-refractivity contribution in [3.63, 3.8) is 0 Å². The summed E-state index contributed by atoms with van der Waals surface area (Å²) in [5, 5.41) is 12.1. The lowest BCUT2D eigenvalue weighted by Gasteiger charge is -2.21. The zero-order valence-electron chi connectivity index (χ0n) is 7.81. The van der Waals surface area contributed by atoms with Gasteiger partial charge in [0.25, 0.3) is 0 Å². The molecule has 0 aliphatic carbocycles. The summed E-state index contributed by atoms with van der Waals surface area (Å²) in [5.74, 6) is 0.0283. The zero-order chi connectivity index (χ0) is 10.6. The number of nitrogens with zero attached hydrogens (tertiary/aromatic N) is 2. The van der Waals surface area contributed by atoms with Gasteiger partial charge in [-0.3, -0.25) is 0 Å². The van der Waals surface area contributed by atoms with Crippen molar-refractivity contribution in [1.29, 1.82) is 0 Å². The molecule has 0 amide bonds. The van der Waals surface area contributed by atoms with Gasteiger partial charge in [0.2, 0.25) is 5.96 Å². The normalized spacial score (nSPS) is 11.4. The van der Waals surface area contributed by atoms with Crippen LogP contribution in [0.5, 0.6) is 0 Å². The summed E-state index contributed by atoms with van der Waals surface area (Å²) in [7, 11) is 0. The number of para-hydroxylation sites is 1. The molecule has 0 spiro atoms. The van der Waals surface area contributed by atoms with E-state index in [0.717, 1.165) is 5.69 Å². The van der Waals surface area contributed by atoms with Gasteiger partial charge >= 0.3 is 0 Å². The molecule has 0 bridgehead atoms. The molecule has 0 unspecified atom stereocenters. The second-order valence-corrected chi connectivity index (χ2v) is 3.06. The van der Waals surface area contributed by atoms with Gasteiger partial charge in [-0.15, -0.1) is 0 Å². The molecule has 0 atom stereocenters. The number of nitrogens with two attached hydrogens (primary N) is 1. The molecule has 0 saturated carbocycles. The van der Waals surface area contributed by atoms with Gasteiger partial charge in [0.15, 0.2) is 0 Å². The van der Waals surface area contributed by atoms with E-state index >= 15 is 0 Å². The van der Waals surface area contributed by atoms with Gasteiger partial charge in [0, 0.05) is 6.54 Å². The maximum atomic E-state index is 8.57. The van der Waals surface area contributed by atoms with Crippen LogP contribution in [-0.4, -0.2) is 17.7 Å². The Labute approximate surface area is 87.6 Å². The topological polar surface area (TPSA) is 61.8 Å². The molecule has 1 aromatic carbocycles. The van der Waals surface area contributed by atoms with Crippen LogP contribution in [0.25, 0.3) is 0 Å². The summed E-state index contributed by atoms with van der Waals surface area (Å²) in [4.78, 5) is 1.61. The van der Waals surface area contributed by atoms with E-state index in [1.165, 1.54) is 0 Å². The average Bonchev–Trinajstić information content (AvgIpc) is 2.21. The van der Waals surface area contributed by atoms with Crippen molar-refractivity contribution in [2.24, 2.45) is 10.9 Å². The molecule has 0 radical (unpaired) electrons.